The Labute approximate surface area is 142 Å². The number of rotatable bonds is 8. The highest BCUT2D eigenvalue weighted by atomic mass is 16.2. The molecule has 4 nitrogen and oxygen atoms in total. The normalized spacial score (nSPS) is 10.5. The maximum absolute atomic E-state index is 11.8. The summed E-state index contributed by atoms with van der Waals surface area (Å²) in [5, 5.41) is 5.70. The van der Waals surface area contributed by atoms with Gasteiger partial charge in [-0.2, -0.15) is 0 Å². The van der Waals surface area contributed by atoms with Crippen molar-refractivity contribution in [3.05, 3.63) is 77.9 Å². The summed E-state index contributed by atoms with van der Waals surface area (Å²) >= 11 is 0. The van der Waals surface area contributed by atoms with Crippen molar-refractivity contribution in [3.8, 4) is 0 Å². The largest absolute Gasteiger partial charge is 0.353 e. The van der Waals surface area contributed by atoms with Crippen LogP contribution in [0.25, 0.3) is 6.08 Å². The zero-order valence-corrected chi connectivity index (χ0v) is 13.6. The summed E-state index contributed by atoms with van der Waals surface area (Å²) in [5.74, 6) is -0.169. The molecule has 2 aromatic rings. The molecule has 0 heterocycles. The molecular weight excluding hydrogens is 300 g/mol. The second-order valence-corrected chi connectivity index (χ2v) is 5.36. The Morgan fingerprint density at radius 2 is 1.38 bits per heavy atom. The molecule has 0 fully saturated rings. The quantitative estimate of drug-likeness (QED) is 0.580. The molecule has 0 atom stereocenters. The number of carbonyl (C=O) groups excluding carboxylic acids is 2. The third kappa shape index (κ3) is 6.48. The van der Waals surface area contributed by atoms with E-state index in [1.807, 2.05) is 48.5 Å². The minimum Gasteiger partial charge on any atom is -0.353 e. The Hall–Kier alpha value is -2.88. The number of benzene rings is 2. The third-order valence-electron chi connectivity index (χ3n) is 3.45. The molecule has 2 N–H and O–H groups in total. The molecule has 2 amide bonds. The van der Waals surface area contributed by atoms with Crippen molar-refractivity contribution in [1.82, 2.24) is 10.6 Å². The predicted octanol–water partition coefficient (Wildman–Crippen LogP) is 3.03. The molecule has 0 saturated heterocycles. The van der Waals surface area contributed by atoms with Crippen LogP contribution in [0.2, 0.25) is 0 Å². The van der Waals surface area contributed by atoms with Crippen molar-refractivity contribution in [2.75, 3.05) is 13.1 Å². The maximum Gasteiger partial charge on any atom is 0.251 e. The van der Waals surface area contributed by atoms with Gasteiger partial charge in [-0.1, -0.05) is 48.5 Å². The lowest BCUT2D eigenvalue weighted by Crippen LogP contribution is -2.26. The second-order valence-electron chi connectivity index (χ2n) is 5.36. The first kappa shape index (κ1) is 17.5. The first-order valence-corrected chi connectivity index (χ1v) is 8.10. The van der Waals surface area contributed by atoms with Gasteiger partial charge in [0.1, 0.15) is 0 Å². The molecule has 0 aliphatic carbocycles. The Balaban J connectivity index is 1.56. The Morgan fingerprint density at radius 3 is 2.04 bits per heavy atom. The minimum absolute atomic E-state index is 0.0644. The van der Waals surface area contributed by atoms with E-state index in [2.05, 4.69) is 10.6 Å². The van der Waals surface area contributed by atoms with E-state index in [0.29, 0.717) is 18.7 Å². The van der Waals surface area contributed by atoms with Crippen molar-refractivity contribution in [2.24, 2.45) is 0 Å². The van der Waals surface area contributed by atoms with E-state index in [1.165, 1.54) is 6.08 Å². The van der Waals surface area contributed by atoms with E-state index in [0.717, 1.165) is 18.4 Å². The molecule has 0 bridgehead atoms. The van der Waals surface area contributed by atoms with Crippen LogP contribution < -0.4 is 10.6 Å². The lowest BCUT2D eigenvalue weighted by molar-refractivity contribution is -0.116. The average Bonchev–Trinajstić information content (AvgIpc) is 2.64. The fourth-order valence-corrected chi connectivity index (χ4v) is 2.15. The van der Waals surface area contributed by atoms with Crippen LogP contribution in [-0.2, 0) is 4.79 Å². The van der Waals surface area contributed by atoms with Crippen LogP contribution >= 0.6 is 0 Å². The van der Waals surface area contributed by atoms with Crippen molar-refractivity contribution in [1.29, 1.82) is 0 Å². The van der Waals surface area contributed by atoms with Gasteiger partial charge in [-0.15, -0.1) is 0 Å². The van der Waals surface area contributed by atoms with Crippen LogP contribution in [0.4, 0.5) is 0 Å². The van der Waals surface area contributed by atoms with E-state index < -0.39 is 0 Å². The maximum atomic E-state index is 11.8. The zero-order valence-electron chi connectivity index (χ0n) is 13.6. The molecule has 2 rings (SSSR count). The molecular formula is C20H22N2O2. The molecule has 24 heavy (non-hydrogen) atoms. The van der Waals surface area contributed by atoms with E-state index in [4.69, 9.17) is 0 Å². The van der Waals surface area contributed by atoms with E-state index in [9.17, 15) is 9.59 Å². The van der Waals surface area contributed by atoms with Crippen LogP contribution in [0.1, 0.15) is 28.8 Å². The van der Waals surface area contributed by atoms with Gasteiger partial charge in [0, 0.05) is 24.7 Å². The fraction of sp³-hybridized carbons (Fsp3) is 0.200. The van der Waals surface area contributed by atoms with Gasteiger partial charge in [0.15, 0.2) is 0 Å². The van der Waals surface area contributed by atoms with E-state index in [-0.39, 0.29) is 11.8 Å². The lowest BCUT2D eigenvalue weighted by Gasteiger charge is -2.05. The Kier molecular flexibility index (Phi) is 7.28. The molecule has 0 radical (unpaired) electrons. The molecule has 0 aliphatic rings. The predicted molar refractivity (Wildman–Crippen MR) is 96.5 cm³/mol. The highest BCUT2D eigenvalue weighted by Crippen LogP contribution is 2.00. The Bertz CT molecular complexity index is 667. The van der Waals surface area contributed by atoms with Gasteiger partial charge < -0.3 is 10.6 Å². The van der Waals surface area contributed by atoms with Gasteiger partial charge in [-0.3, -0.25) is 9.59 Å². The first-order valence-electron chi connectivity index (χ1n) is 8.10. The highest BCUT2D eigenvalue weighted by Gasteiger charge is 2.02. The molecule has 0 saturated carbocycles. The summed E-state index contributed by atoms with van der Waals surface area (Å²) in [5.41, 5.74) is 1.66. The van der Waals surface area contributed by atoms with Gasteiger partial charge in [0.25, 0.3) is 5.91 Å². The monoisotopic (exact) mass is 322 g/mol. The minimum atomic E-state index is -0.104. The number of unbranched alkanes of at least 4 members (excludes halogenated alkanes) is 1. The number of hydrogen-bond donors (Lipinski definition) is 2. The average molecular weight is 322 g/mol. The van der Waals surface area contributed by atoms with Crippen molar-refractivity contribution in [3.63, 3.8) is 0 Å². The summed E-state index contributed by atoms with van der Waals surface area (Å²) in [6.07, 6.45) is 4.96. The zero-order chi connectivity index (χ0) is 17.0. The molecule has 2 aromatic carbocycles. The summed E-state index contributed by atoms with van der Waals surface area (Å²) in [4.78, 5) is 23.5. The molecule has 124 valence electrons. The van der Waals surface area contributed by atoms with Crippen molar-refractivity contribution < 1.29 is 9.59 Å². The Morgan fingerprint density at radius 1 is 0.792 bits per heavy atom. The number of hydrogen-bond acceptors (Lipinski definition) is 2. The molecule has 0 aliphatic heterocycles. The smallest absolute Gasteiger partial charge is 0.251 e. The summed E-state index contributed by atoms with van der Waals surface area (Å²) < 4.78 is 0. The standard InChI is InChI=1S/C20H22N2O2/c23-19(14-13-17-9-3-1-4-10-17)21-15-7-8-16-22-20(24)18-11-5-2-6-12-18/h1-6,9-14H,7-8,15-16H2,(H,21,23)(H,22,24). The summed E-state index contributed by atoms with van der Waals surface area (Å²) in [6, 6.07) is 18.8. The van der Waals surface area contributed by atoms with Gasteiger partial charge in [-0.25, -0.2) is 0 Å². The molecule has 0 spiro atoms. The van der Waals surface area contributed by atoms with Crippen molar-refractivity contribution in [2.45, 2.75) is 12.8 Å². The van der Waals surface area contributed by atoms with E-state index in [1.54, 1.807) is 18.2 Å². The number of nitrogens with one attached hydrogen (secondary N) is 2. The number of carbonyl (C=O) groups is 2. The molecule has 4 heteroatoms. The second kappa shape index (κ2) is 10.0. The number of amides is 2. The van der Waals surface area contributed by atoms with Gasteiger partial charge in [-0.05, 0) is 36.6 Å². The van der Waals surface area contributed by atoms with Crippen LogP contribution in [0.15, 0.2) is 66.7 Å². The van der Waals surface area contributed by atoms with Crippen LogP contribution in [0.3, 0.4) is 0 Å². The van der Waals surface area contributed by atoms with Crippen LogP contribution in [0.5, 0.6) is 0 Å². The topological polar surface area (TPSA) is 58.2 Å². The molecule has 0 aromatic heterocycles. The SMILES string of the molecule is O=C(C=Cc1ccccc1)NCCCCNC(=O)c1ccccc1. The highest BCUT2D eigenvalue weighted by molar-refractivity contribution is 5.94. The van der Waals surface area contributed by atoms with Crippen LogP contribution in [-0.4, -0.2) is 24.9 Å². The van der Waals surface area contributed by atoms with Gasteiger partial charge >= 0.3 is 0 Å². The third-order valence-corrected chi connectivity index (χ3v) is 3.45. The summed E-state index contributed by atoms with van der Waals surface area (Å²) in [7, 11) is 0. The summed E-state index contributed by atoms with van der Waals surface area (Å²) in [6.45, 7) is 1.20. The first-order chi connectivity index (χ1) is 11.8. The van der Waals surface area contributed by atoms with Crippen LogP contribution in [0, 0.1) is 0 Å². The molecule has 0 unspecified atom stereocenters. The fourth-order valence-electron chi connectivity index (χ4n) is 2.15. The van der Waals surface area contributed by atoms with Crippen molar-refractivity contribution >= 4 is 17.9 Å². The van der Waals surface area contributed by atoms with Gasteiger partial charge in [0.05, 0.1) is 0 Å². The van der Waals surface area contributed by atoms with E-state index >= 15 is 0 Å². The van der Waals surface area contributed by atoms with Gasteiger partial charge in [0.2, 0.25) is 5.91 Å². The lowest BCUT2D eigenvalue weighted by atomic mass is 10.2.